The first kappa shape index (κ1) is 17.6. The number of nitrogens with one attached hydrogen (secondary N) is 1. The van der Waals surface area contributed by atoms with Crippen molar-refractivity contribution in [3.63, 3.8) is 0 Å². The molecule has 2 aromatic heterocycles. The molecule has 0 aliphatic carbocycles. The summed E-state index contributed by atoms with van der Waals surface area (Å²) in [7, 11) is 0. The van der Waals surface area contributed by atoms with Crippen LogP contribution in [-0.4, -0.2) is 22.5 Å². The summed E-state index contributed by atoms with van der Waals surface area (Å²) >= 11 is 3.31. The summed E-state index contributed by atoms with van der Waals surface area (Å²) in [6.45, 7) is 5.83. The number of nitrogens with zero attached hydrogens (tertiary/aromatic N) is 2. The average Bonchev–Trinajstić information content (AvgIpc) is 3.28. The number of thiophene rings is 1. The summed E-state index contributed by atoms with van der Waals surface area (Å²) in [5, 5.41) is 6.06. The molecule has 0 radical (unpaired) electrons. The molecule has 2 heterocycles. The van der Waals surface area contributed by atoms with Gasteiger partial charge in [0, 0.05) is 21.9 Å². The molecule has 3 rings (SSSR count). The maximum Gasteiger partial charge on any atom is 0.318 e. The van der Waals surface area contributed by atoms with Gasteiger partial charge >= 0.3 is 6.03 Å². The Hall–Kier alpha value is -2.18. The zero-order chi connectivity index (χ0) is 17.6. The fraction of sp³-hybridized carbons (Fsp3) is 0.263. The third kappa shape index (κ3) is 4.46. The van der Waals surface area contributed by atoms with E-state index < -0.39 is 0 Å². The Bertz CT molecular complexity index is 813. The molecule has 4 nitrogen and oxygen atoms in total. The fourth-order valence-corrected chi connectivity index (χ4v) is 4.21. The minimum absolute atomic E-state index is 0.0371. The lowest BCUT2D eigenvalue weighted by Crippen LogP contribution is -2.38. The number of carbonyl (C=O) groups is 1. The summed E-state index contributed by atoms with van der Waals surface area (Å²) in [6, 6.07) is 14.2. The lowest BCUT2D eigenvalue weighted by atomic mass is 10.2. The van der Waals surface area contributed by atoms with Gasteiger partial charge in [-0.05, 0) is 25.3 Å². The highest BCUT2D eigenvalue weighted by Gasteiger charge is 2.14. The van der Waals surface area contributed by atoms with E-state index in [1.165, 1.54) is 4.88 Å². The summed E-state index contributed by atoms with van der Waals surface area (Å²) in [4.78, 5) is 21.2. The Morgan fingerprint density at radius 1 is 1.20 bits per heavy atom. The second-order valence-corrected chi connectivity index (χ2v) is 7.76. The molecular weight excluding hydrogens is 350 g/mol. The number of urea groups is 1. The number of aryl methyl sites for hydroxylation is 1. The first-order valence-electron chi connectivity index (χ1n) is 8.24. The van der Waals surface area contributed by atoms with E-state index in [9.17, 15) is 4.79 Å². The van der Waals surface area contributed by atoms with Gasteiger partial charge in [0.15, 0.2) is 0 Å². The van der Waals surface area contributed by atoms with Crippen LogP contribution in [-0.2, 0) is 13.1 Å². The number of rotatable bonds is 6. The van der Waals surface area contributed by atoms with E-state index in [0.717, 1.165) is 21.1 Å². The standard InChI is InChI=1S/C19H21N3OS2/c1-3-22(13-16-10-7-11-24-16)19(23)20-12-17-14(2)21-18(25-17)15-8-5-4-6-9-15/h4-11H,3,12-13H2,1-2H3,(H,20,23). The SMILES string of the molecule is CCN(Cc1cccs1)C(=O)NCc1sc(-c2ccccc2)nc1C. The molecule has 0 fully saturated rings. The zero-order valence-electron chi connectivity index (χ0n) is 14.4. The number of carbonyl (C=O) groups excluding carboxylic acids is 1. The van der Waals surface area contributed by atoms with Gasteiger partial charge in [-0.1, -0.05) is 36.4 Å². The Balaban J connectivity index is 1.62. The summed E-state index contributed by atoms with van der Waals surface area (Å²) in [5.41, 5.74) is 2.09. The van der Waals surface area contributed by atoms with Crippen LogP contribution in [0.4, 0.5) is 4.79 Å². The van der Waals surface area contributed by atoms with Crippen molar-refractivity contribution in [2.45, 2.75) is 26.9 Å². The second kappa shape index (κ2) is 8.27. The molecule has 0 unspecified atom stereocenters. The minimum Gasteiger partial charge on any atom is -0.333 e. The van der Waals surface area contributed by atoms with Crippen LogP contribution in [0.3, 0.4) is 0 Å². The lowest BCUT2D eigenvalue weighted by Gasteiger charge is -2.20. The maximum absolute atomic E-state index is 12.5. The average molecular weight is 372 g/mol. The summed E-state index contributed by atoms with van der Waals surface area (Å²) < 4.78 is 0. The smallest absolute Gasteiger partial charge is 0.318 e. The van der Waals surface area contributed by atoms with Crippen molar-refractivity contribution in [1.29, 1.82) is 0 Å². The first-order valence-corrected chi connectivity index (χ1v) is 9.94. The van der Waals surface area contributed by atoms with Crippen LogP contribution in [0.2, 0.25) is 0 Å². The molecular formula is C19H21N3OS2. The number of aromatic nitrogens is 1. The molecule has 6 heteroatoms. The highest BCUT2D eigenvalue weighted by atomic mass is 32.1. The van der Waals surface area contributed by atoms with E-state index in [1.807, 2.05) is 48.4 Å². The number of thiazole rings is 1. The number of amides is 2. The van der Waals surface area contributed by atoms with Gasteiger partial charge in [-0.2, -0.15) is 0 Å². The molecule has 0 spiro atoms. The highest BCUT2D eigenvalue weighted by molar-refractivity contribution is 7.15. The van der Waals surface area contributed by atoms with Gasteiger partial charge in [0.25, 0.3) is 0 Å². The molecule has 0 atom stereocenters. The van der Waals surface area contributed by atoms with Gasteiger partial charge in [-0.15, -0.1) is 22.7 Å². The molecule has 2 amide bonds. The topological polar surface area (TPSA) is 45.2 Å². The van der Waals surface area contributed by atoms with E-state index in [-0.39, 0.29) is 6.03 Å². The van der Waals surface area contributed by atoms with Gasteiger partial charge in [0.1, 0.15) is 5.01 Å². The van der Waals surface area contributed by atoms with Gasteiger partial charge in [0.2, 0.25) is 0 Å². The molecule has 3 aromatic rings. The largest absolute Gasteiger partial charge is 0.333 e. The summed E-state index contributed by atoms with van der Waals surface area (Å²) in [5.74, 6) is 0. The van der Waals surface area contributed by atoms with E-state index in [1.54, 1.807) is 22.7 Å². The molecule has 0 saturated carbocycles. The molecule has 1 aromatic carbocycles. The molecule has 1 N–H and O–H groups in total. The molecule has 0 bridgehead atoms. The zero-order valence-corrected chi connectivity index (χ0v) is 16.0. The monoisotopic (exact) mass is 371 g/mol. The predicted molar refractivity (Wildman–Crippen MR) is 105 cm³/mol. The van der Waals surface area contributed by atoms with Crippen molar-refractivity contribution in [3.05, 3.63) is 63.3 Å². The van der Waals surface area contributed by atoms with Crippen LogP contribution < -0.4 is 5.32 Å². The van der Waals surface area contributed by atoms with Crippen LogP contribution in [0.5, 0.6) is 0 Å². The van der Waals surface area contributed by atoms with E-state index in [0.29, 0.717) is 19.6 Å². The van der Waals surface area contributed by atoms with Gasteiger partial charge in [-0.3, -0.25) is 0 Å². The minimum atomic E-state index is -0.0371. The summed E-state index contributed by atoms with van der Waals surface area (Å²) in [6.07, 6.45) is 0. The van der Waals surface area contributed by atoms with Crippen molar-refractivity contribution < 1.29 is 4.79 Å². The first-order chi connectivity index (χ1) is 12.2. The fourth-order valence-electron chi connectivity index (χ4n) is 2.48. The van der Waals surface area contributed by atoms with Gasteiger partial charge < -0.3 is 10.2 Å². The van der Waals surface area contributed by atoms with Crippen LogP contribution in [0.1, 0.15) is 22.4 Å². The quantitative estimate of drug-likeness (QED) is 0.669. The molecule has 0 saturated heterocycles. The Morgan fingerprint density at radius 2 is 2.00 bits per heavy atom. The van der Waals surface area contributed by atoms with Gasteiger partial charge in [-0.25, -0.2) is 9.78 Å². The number of hydrogen-bond donors (Lipinski definition) is 1. The molecule has 0 aliphatic heterocycles. The number of benzene rings is 1. The number of hydrogen-bond acceptors (Lipinski definition) is 4. The van der Waals surface area contributed by atoms with Crippen LogP contribution >= 0.6 is 22.7 Å². The molecule has 130 valence electrons. The van der Waals surface area contributed by atoms with Crippen LogP contribution in [0, 0.1) is 6.92 Å². The second-order valence-electron chi connectivity index (χ2n) is 5.65. The van der Waals surface area contributed by atoms with E-state index >= 15 is 0 Å². The molecule has 0 aliphatic rings. The van der Waals surface area contributed by atoms with Crippen molar-refractivity contribution in [2.24, 2.45) is 0 Å². The normalized spacial score (nSPS) is 10.6. The highest BCUT2D eigenvalue weighted by Crippen LogP contribution is 2.27. The van der Waals surface area contributed by atoms with Crippen molar-refractivity contribution in [1.82, 2.24) is 15.2 Å². The van der Waals surface area contributed by atoms with Crippen LogP contribution in [0.15, 0.2) is 47.8 Å². The maximum atomic E-state index is 12.5. The Kier molecular flexibility index (Phi) is 5.83. The van der Waals surface area contributed by atoms with Crippen molar-refractivity contribution in [2.75, 3.05) is 6.54 Å². The Labute approximate surface area is 156 Å². The Morgan fingerprint density at radius 3 is 2.68 bits per heavy atom. The predicted octanol–water partition coefficient (Wildman–Crippen LogP) is 4.91. The van der Waals surface area contributed by atoms with Crippen molar-refractivity contribution >= 4 is 28.7 Å². The van der Waals surface area contributed by atoms with E-state index in [2.05, 4.69) is 28.5 Å². The molecule has 25 heavy (non-hydrogen) atoms. The third-order valence-corrected chi connectivity index (χ3v) is 5.98. The third-order valence-electron chi connectivity index (χ3n) is 3.91. The lowest BCUT2D eigenvalue weighted by molar-refractivity contribution is 0.198. The van der Waals surface area contributed by atoms with Gasteiger partial charge in [0.05, 0.1) is 18.8 Å². The van der Waals surface area contributed by atoms with E-state index in [4.69, 9.17) is 0 Å². The van der Waals surface area contributed by atoms with Crippen LogP contribution in [0.25, 0.3) is 10.6 Å². The van der Waals surface area contributed by atoms with Crippen molar-refractivity contribution in [3.8, 4) is 10.6 Å².